The lowest BCUT2D eigenvalue weighted by atomic mass is 10.1. The Morgan fingerprint density at radius 3 is 2.45 bits per heavy atom. The molecular formula is C16H16ClNO3S. The highest BCUT2D eigenvalue weighted by Crippen LogP contribution is 2.12. The maximum absolute atomic E-state index is 12.1. The van der Waals surface area contributed by atoms with Gasteiger partial charge in [0.1, 0.15) is 0 Å². The molecule has 0 unspecified atom stereocenters. The van der Waals surface area contributed by atoms with E-state index in [4.69, 9.17) is 11.6 Å². The zero-order valence-corrected chi connectivity index (χ0v) is 13.6. The minimum Gasteiger partial charge on any atom is -0.348 e. The van der Waals surface area contributed by atoms with Crippen LogP contribution in [0.2, 0.25) is 5.02 Å². The van der Waals surface area contributed by atoms with E-state index in [1.807, 2.05) is 12.1 Å². The van der Waals surface area contributed by atoms with Gasteiger partial charge in [0.2, 0.25) is 0 Å². The number of halogens is 1. The second-order valence-corrected chi connectivity index (χ2v) is 7.66. The van der Waals surface area contributed by atoms with Gasteiger partial charge in [-0.25, -0.2) is 8.42 Å². The van der Waals surface area contributed by atoms with Crippen molar-refractivity contribution in [3.8, 4) is 0 Å². The Labute approximate surface area is 135 Å². The number of carbonyl (C=O) groups is 1. The van der Waals surface area contributed by atoms with Gasteiger partial charge < -0.3 is 5.32 Å². The fraction of sp³-hybridized carbons (Fsp3) is 0.188. The second-order valence-electron chi connectivity index (χ2n) is 5.08. The monoisotopic (exact) mass is 337 g/mol. The molecule has 0 bridgehead atoms. The van der Waals surface area contributed by atoms with E-state index in [0.717, 1.165) is 5.56 Å². The molecule has 0 aliphatic heterocycles. The number of nitrogens with one attached hydrogen (secondary N) is 1. The first-order chi connectivity index (χ1) is 10.3. The number of rotatable bonds is 5. The molecule has 4 nitrogen and oxygen atoms in total. The van der Waals surface area contributed by atoms with Gasteiger partial charge in [-0.3, -0.25) is 4.79 Å². The van der Waals surface area contributed by atoms with Crippen LogP contribution in [-0.2, 0) is 22.1 Å². The third-order valence-electron chi connectivity index (χ3n) is 2.96. The van der Waals surface area contributed by atoms with Crippen LogP contribution < -0.4 is 5.32 Å². The number of hydrogen-bond donors (Lipinski definition) is 1. The summed E-state index contributed by atoms with van der Waals surface area (Å²) in [6.45, 7) is 0.357. The van der Waals surface area contributed by atoms with Gasteiger partial charge in [0.15, 0.2) is 9.84 Å². The Kier molecular flexibility index (Phi) is 5.21. The van der Waals surface area contributed by atoms with Crippen LogP contribution in [0, 0.1) is 0 Å². The predicted molar refractivity (Wildman–Crippen MR) is 87.6 cm³/mol. The first-order valence-corrected chi connectivity index (χ1v) is 9.07. The molecule has 0 heterocycles. The molecule has 0 aliphatic rings. The summed E-state index contributed by atoms with van der Waals surface area (Å²) in [5, 5.41) is 3.40. The number of benzene rings is 2. The van der Waals surface area contributed by atoms with E-state index in [1.165, 1.54) is 6.26 Å². The summed E-state index contributed by atoms with van der Waals surface area (Å²) in [7, 11) is -3.13. The molecule has 22 heavy (non-hydrogen) atoms. The average molecular weight is 338 g/mol. The molecule has 0 spiro atoms. The maximum Gasteiger partial charge on any atom is 0.251 e. The van der Waals surface area contributed by atoms with Crippen molar-refractivity contribution in [2.75, 3.05) is 6.26 Å². The first kappa shape index (κ1) is 16.5. The third kappa shape index (κ3) is 5.16. The minimum atomic E-state index is -3.13. The van der Waals surface area contributed by atoms with Gasteiger partial charge in [-0.15, -0.1) is 0 Å². The molecule has 0 aliphatic carbocycles. The van der Waals surface area contributed by atoms with Crippen molar-refractivity contribution in [3.63, 3.8) is 0 Å². The Balaban J connectivity index is 2.05. The molecule has 1 amide bonds. The maximum atomic E-state index is 12.1. The summed E-state index contributed by atoms with van der Waals surface area (Å²) >= 11 is 5.89. The van der Waals surface area contributed by atoms with Gasteiger partial charge in [-0.05, 0) is 35.4 Å². The zero-order chi connectivity index (χ0) is 16.2. The fourth-order valence-corrected chi connectivity index (χ4v) is 3.03. The van der Waals surface area contributed by atoms with E-state index in [0.29, 0.717) is 22.7 Å². The van der Waals surface area contributed by atoms with Gasteiger partial charge in [0.05, 0.1) is 5.75 Å². The van der Waals surface area contributed by atoms with Crippen molar-refractivity contribution in [2.24, 2.45) is 0 Å². The SMILES string of the molecule is CS(=O)(=O)Cc1cccc(C(=O)NCc2cccc(Cl)c2)c1. The van der Waals surface area contributed by atoms with Crippen LogP contribution in [0.5, 0.6) is 0 Å². The van der Waals surface area contributed by atoms with Gasteiger partial charge in [0, 0.05) is 23.4 Å². The third-order valence-corrected chi connectivity index (χ3v) is 4.05. The molecule has 0 saturated heterocycles. The van der Waals surface area contributed by atoms with Crippen molar-refractivity contribution < 1.29 is 13.2 Å². The zero-order valence-electron chi connectivity index (χ0n) is 12.0. The van der Waals surface area contributed by atoms with Crippen LogP contribution >= 0.6 is 11.6 Å². The van der Waals surface area contributed by atoms with Crippen molar-refractivity contribution in [2.45, 2.75) is 12.3 Å². The van der Waals surface area contributed by atoms with Crippen molar-refractivity contribution in [3.05, 3.63) is 70.2 Å². The molecule has 1 N–H and O–H groups in total. The van der Waals surface area contributed by atoms with Crippen molar-refractivity contribution in [1.29, 1.82) is 0 Å². The molecule has 2 aromatic rings. The Morgan fingerprint density at radius 2 is 1.77 bits per heavy atom. The summed E-state index contributed by atoms with van der Waals surface area (Å²) in [4.78, 5) is 12.1. The average Bonchev–Trinajstić information content (AvgIpc) is 2.43. The fourth-order valence-electron chi connectivity index (χ4n) is 2.04. The largest absolute Gasteiger partial charge is 0.348 e. The molecule has 2 aromatic carbocycles. The molecule has 0 radical (unpaired) electrons. The summed E-state index contributed by atoms with van der Waals surface area (Å²) < 4.78 is 22.6. The predicted octanol–water partition coefficient (Wildman–Crippen LogP) is 2.81. The van der Waals surface area contributed by atoms with Gasteiger partial charge in [0.25, 0.3) is 5.91 Å². The Bertz CT molecular complexity index is 787. The Morgan fingerprint density at radius 1 is 1.09 bits per heavy atom. The van der Waals surface area contributed by atoms with Gasteiger partial charge >= 0.3 is 0 Å². The van der Waals surface area contributed by atoms with Crippen LogP contribution in [0.4, 0.5) is 0 Å². The summed E-state index contributed by atoms with van der Waals surface area (Å²) in [5.41, 5.74) is 1.93. The lowest BCUT2D eigenvalue weighted by molar-refractivity contribution is 0.0951. The molecule has 0 saturated carbocycles. The van der Waals surface area contributed by atoms with Crippen LogP contribution in [-0.4, -0.2) is 20.6 Å². The number of sulfone groups is 1. The molecule has 0 aromatic heterocycles. The van der Waals surface area contributed by atoms with E-state index >= 15 is 0 Å². The van der Waals surface area contributed by atoms with E-state index in [9.17, 15) is 13.2 Å². The van der Waals surface area contributed by atoms with Gasteiger partial charge in [-0.1, -0.05) is 35.9 Å². The summed E-state index contributed by atoms with van der Waals surface area (Å²) in [5.74, 6) is -0.335. The van der Waals surface area contributed by atoms with Crippen LogP contribution in [0.3, 0.4) is 0 Å². The van der Waals surface area contributed by atoms with Crippen LogP contribution in [0.25, 0.3) is 0 Å². The minimum absolute atomic E-state index is 0.0809. The van der Waals surface area contributed by atoms with Crippen LogP contribution in [0.15, 0.2) is 48.5 Å². The van der Waals surface area contributed by atoms with E-state index in [1.54, 1.807) is 36.4 Å². The lowest BCUT2D eigenvalue weighted by Crippen LogP contribution is -2.22. The van der Waals surface area contributed by atoms with E-state index in [-0.39, 0.29) is 11.7 Å². The molecule has 2 rings (SSSR count). The quantitative estimate of drug-likeness (QED) is 0.912. The number of carbonyl (C=O) groups excluding carboxylic acids is 1. The highest BCUT2D eigenvalue weighted by Gasteiger charge is 2.09. The normalized spacial score (nSPS) is 11.2. The molecule has 0 fully saturated rings. The smallest absolute Gasteiger partial charge is 0.251 e. The lowest BCUT2D eigenvalue weighted by Gasteiger charge is -2.07. The van der Waals surface area contributed by atoms with E-state index < -0.39 is 9.84 Å². The van der Waals surface area contributed by atoms with Gasteiger partial charge in [-0.2, -0.15) is 0 Å². The van der Waals surface area contributed by atoms with Crippen molar-refractivity contribution in [1.82, 2.24) is 5.32 Å². The Hall–Kier alpha value is -1.85. The molecule has 6 heteroatoms. The topological polar surface area (TPSA) is 63.2 Å². The molecule has 0 atom stereocenters. The first-order valence-electron chi connectivity index (χ1n) is 6.63. The molecular weight excluding hydrogens is 322 g/mol. The standard InChI is InChI=1S/C16H16ClNO3S/c1-22(20,21)11-13-5-2-6-14(8-13)16(19)18-10-12-4-3-7-15(17)9-12/h2-9H,10-11H2,1H3,(H,18,19). The number of hydrogen-bond acceptors (Lipinski definition) is 3. The summed E-state index contributed by atoms with van der Waals surface area (Å²) in [6.07, 6.45) is 1.17. The second kappa shape index (κ2) is 6.94. The van der Waals surface area contributed by atoms with Crippen LogP contribution in [0.1, 0.15) is 21.5 Å². The highest BCUT2D eigenvalue weighted by molar-refractivity contribution is 7.89. The summed E-state index contributed by atoms with van der Waals surface area (Å²) in [6, 6.07) is 13.8. The molecule has 116 valence electrons. The van der Waals surface area contributed by atoms with E-state index in [2.05, 4.69) is 5.32 Å². The van der Waals surface area contributed by atoms with Crippen molar-refractivity contribution >= 4 is 27.3 Å². The highest BCUT2D eigenvalue weighted by atomic mass is 35.5. The number of amides is 1.